The summed E-state index contributed by atoms with van der Waals surface area (Å²) < 4.78 is 49.6. The maximum Gasteiger partial charge on any atom is 0.391 e. The number of hydrogen-bond acceptors (Lipinski definition) is 8. The quantitative estimate of drug-likeness (QED) is 0.402. The summed E-state index contributed by atoms with van der Waals surface area (Å²) in [7, 11) is 0. The van der Waals surface area contributed by atoms with E-state index in [-0.39, 0.29) is 12.1 Å². The van der Waals surface area contributed by atoms with Gasteiger partial charge < -0.3 is 19.5 Å². The van der Waals surface area contributed by atoms with Crippen molar-refractivity contribution in [2.45, 2.75) is 65.3 Å². The fraction of sp³-hybridized carbons (Fsp3) is 0.542. The highest BCUT2D eigenvalue weighted by Gasteiger charge is 2.33. The molecule has 1 unspecified atom stereocenters. The lowest BCUT2D eigenvalue weighted by Gasteiger charge is -2.34. The summed E-state index contributed by atoms with van der Waals surface area (Å²) in [5.74, 6) is 2.11. The Labute approximate surface area is 211 Å². The second kappa shape index (κ2) is 9.43. The fourth-order valence-corrected chi connectivity index (χ4v) is 4.75. The number of anilines is 2. The van der Waals surface area contributed by atoms with Gasteiger partial charge in [-0.3, -0.25) is 4.40 Å². The van der Waals surface area contributed by atoms with Crippen LogP contribution in [0.4, 0.5) is 24.8 Å². The molecule has 0 radical (unpaired) electrons. The molecule has 1 saturated heterocycles. The largest absolute Gasteiger partial charge is 0.391 e. The molecule has 0 bridgehead atoms. The van der Waals surface area contributed by atoms with Crippen LogP contribution in [0.2, 0.25) is 0 Å². The summed E-state index contributed by atoms with van der Waals surface area (Å²) >= 11 is 0. The van der Waals surface area contributed by atoms with Gasteiger partial charge in [0.05, 0.1) is 37.4 Å². The van der Waals surface area contributed by atoms with E-state index in [1.165, 1.54) is 0 Å². The van der Waals surface area contributed by atoms with Crippen molar-refractivity contribution in [3.63, 3.8) is 0 Å². The number of imidazole rings is 1. The summed E-state index contributed by atoms with van der Waals surface area (Å²) in [5.41, 5.74) is 2.00. The topological polar surface area (TPSA) is 98.3 Å². The average molecular weight is 518 g/mol. The normalized spacial score (nSPS) is 17.8. The van der Waals surface area contributed by atoms with E-state index < -0.39 is 18.6 Å². The van der Waals surface area contributed by atoms with Crippen LogP contribution in [0.3, 0.4) is 0 Å². The van der Waals surface area contributed by atoms with Gasteiger partial charge in [-0.05, 0) is 34.6 Å². The maximum absolute atomic E-state index is 13.6. The molecule has 0 amide bonds. The van der Waals surface area contributed by atoms with Crippen LogP contribution in [0, 0.1) is 6.92 Å². The van der Waals surface area contributed by atoms with E-state index >= 15 is 0 Å². The Balaban J connectivity index is 1.72. The Hall–Kier alpha value is -3.48. The van der Waals surface area contributed by atoms with Crippen LogP contribution in [-0.2, 0) is 4.74 Å². The second-order valence-corrected chi connectivity index (χ2v) is 9.84. The highest BCUT2D eigenvalue weighted by Crippen LogP contribution is 2.35. The molecule has 5 rings (SSSR count). The Bertz CT molecular complexity index is 1430. The van der Waals surface area contributed by atoms with Gasteiger partial charge in [0, 0.05) is 30.9 Å². The van der Waals surface area contributed by atoms with Gasteiger partial charge in [-0.25, -0.2) is 15.0 Å². The minimum absolute atomic E-state index is 0.0498. The first-order valence-corrected chi connectivity index (χ1v) is 12.3. The minimum atomic E-state index is -4.35. The van der Waals surface area contributed by atoms with Crippen LogP contribution in [0.15, 0.2) is 18.5 Å². The number of alkyl halides is 3. The molecule has 0 saturated carbocycles. The molecule has 0 aromatic carbocycles. The zero-order valence-corrected chi connectivity index (χ0v) is 21.4. The van der Waals surface area contributed by atoms with Crippen molar-refractivity contribution < 1.29 is 17.9 Å². The van der Waals surface area contributed by atoms with Crippen LogP contribution >= 0.6 is 0 Å². The number of nitrogens with one attached hydrogen (secondary N) is 1. The lowest BCUT2D eigenvalue weighted by atomic mass is 10.2. The van der Waals surface area contributed by atoms with Gasteiger partial charge in [0.2, 0.25) is 5.65 Å². The van der Waals surface area contributed by atoms with Crippen molar-refractivity contribution in [1.82, 2.24) is 34.1 Å². The number of ether oxygens (including phenoxy) is 1. The summed E-state index contributed by atoms with van der Waals surface area (Å²) in [6, 6.07) is 1.02. The molecule has 4 aromatic heterocycles. The Morgan fingerprint density at radius 3 is 2.68 bits per heavy atom. The first-order chi connectivity index (χ1) is 17.5. The van der Waals surface area contributed by atoms with Crippen LogP contribution < -0.4 is 10.2 Å². The number of nitrogens with zero attached hydrogens (tertiary/aromatic N) is 8. The molecule has 10 nitrogen and oxygen atoms in total. The van der Waals surface area contributed by atoms with Gasteiger partial charge in [0.25, 0.3) is 0 Å². The standard InChI is InChI=1S/C24H30F3N9O/c1-13(2)29-21-23-33-32-16(5)35(23)11-18(30-21)22-31-17-10-28-20(34-6-7-37-12-15(34)4)8-19(17)36(22)14(3)9-24(25,26)27/h8,10-11,13-15H,6-7,9,12H2,1-5H3,(H,29,30)/t14?,15-/m0/s1. The molecule has 1 fully saturated rings. The number of aromatic nitrogens is 7. The van der Waals surface area contributed by atoms with E-state index in [9.17, 15) is 13.2 Å². The molecular weight excluding hydrogens is 487 g/mol. The predicted molar refractivity (Wildman–Crippen MR) is 134 cm³/mol. The van der Waals surface area contributed by atoms with Crippen LogP contribution in [-0.4, -0.2) is 72.1 Å². The number of fused-ring (bicyclic) bond motifs is 2. The lowest BCUT2D eigenvalue weighted by molar-refractivity contribution is -0.141. The monoisotopic (exact) mass is 517 g/mol. The minimum Gasteiger partial charge on any atom is -0.377 e. The zero-order chi connectivity index (χ0) is 26.5. The zero-order valence-electron chi connectivity index (χ0n) is 21.4. The number of halogens is 3. The third kappa shape index (κ3) is 4.91. The van der Waals surface area contributed by atoms with Crippen molar-refractivity contribution >= 4 is 28.3 Å². The predicted octanol–water partition coefficient (Wildman–Crippen LogP) is 4.40. The molecule has 0 aliphatic carbocycles. The molecule has 5 heterocycles. The van der Waals surface area contributed by atoms with Crippen molar-refractivity contribution in [2.75, 3.05) is 30.0 Å². The van der Waals surface area contributed by atoms with Gasteiger partial charge >= 0.3 is 6.18 Å². The van der Waals surface area contributed by atoms with Crippen molar-refractivity contribution in [3.8, 4) is 11.5 Å². The Morgan fingerprint density at radius 2 is 1.97 bits per heavy atom. The lowest BCUT2D eigenvalue weighted by Crippen LogP contribution is -2.44. The van der Waals surface area contributed by atoms with Crippen molar-refractivity contribution in [1.29, 1.82) is 0 Å². The van der Waals surface area contributed by atoms with Gasteiger partial charge in [0.15, 0.2) is 11.6 Å². The molecule has 198 valence electrons. The summed E-state index contributed by atoms with van der Waals surface area (Å²) in [6.07, 6.45) is -2.04. The molecule has 1 aliphatic heterocycles. The second-order valence-electron chi connectivity index (χ2n) is 9.84. The molecule has 4 aromatic rings. The summed E-state index contributed by atoms with van der Waals surface area (Å²) in [5, 5.41) is 11.6. The first-order valence-electron chi connectivity index (χ1n) is 12.3. The van der Waals surface area contributed by atoms with Crippen molar-refractivity contribution in [3.05, 3.63) is 24.3 Å². The Kier molecular flexibility index (Phi) is 6.42. The van der Waals surface area contributed by atoms with Crippen LogP contribution in [0.25, 0.3) is 28.2 Å². The molecule has 13 heteroatoms. The fourth-order valence-electron chi connectivity index (χ4n) is 4.75. The van der Waals surface area contributed by atoms with E-state index in [1.807, 2.05) is 26.8 Å². The average Bonchev–Trinajstić information content (AvgIpc) is 3.38. The number of hydrogen-bond donors (Lipinski definition) is 1. The summed E-state index contributed by atoms with van der Waals surface area (Å²) in [4.78, 5) is 16.2. The number of rotatable bonds is 6. The summed E-state index contributed by atoms with van der Waals surface area (Å²) in [6.45, 7) is 11.1. The van der Waals surface area contributed by atoms with Crippen LogP contribution in [0.5, 0.6) is 0 Å². The van der Waals surface area contributed by atoms with E-state index in [0.717, 1.165) is 0 Å². The smallest absolute Gasteiger partial charge is 0.377 e. The SMILES string of the molecule is Cc1nnc2c(NC(C)C)nc(-c3nc4cnc(N5CCOC[C@@H]5C)cc4n3C(C)CC(F)(F)F)cn12. The van der Waals surface area contributed by atoms with E-state index in [4.69, 9.17) is 14.7 Å². The number of morpholine rings is 1. The van der Waals surface area contributed by atoms with Crippen LogP contribution in [0.1, 0.15) is 46.0 Å². The van der Waals surface area contributed by atoms with Gasteiger partial charge in [-0.1, -0.05) is 0 Å². The third-order valence-electron chi connectivity index (χ3n) is 6.41. The molecule has 1 aliphatic rings. The van der Waals surface area contributed by atoms with Gasteiger partial charge in [-0.15, -0.1) is 10.2 Å². The first kappa shape index (κ1) is 25.2. The third-order valence-corrected chi connectivity index (χ3v) is 6.41. The molecule has 0 spiro atoms. The highest BCUT2D eigenvalue weighted by atomic mass is 19.4. The van der Waals surface area contributed by atoms with E-state index in [1.54, 1.807) is 35.2 Å². The van der Waals surface area contributed by atoms with E-state index in [2.05, 4.69) is 25.4 Å². The molecule has 2 atom stereocenters. The van der Waals surface area contributed by atoms with Gasteiger partial charge in [0.1, 0.15) is 22.9 Å². The number of pyridine rings is 1. The molecule has 1 N–H and O–H groups in total. The van der Waals surface area contributed by atoms with E-state index in [0.29, 0.717) is 65.4 Å². The highest BCUT2D eigenvalue weighted by molar-refractivity contribution is 5.82. The molecule has 37 heavy (non-hydrogen) atoms. The Morgan fingerprint density at radius 1 is 1.19 bits per heavy atom. The van der Waals surface area contributed by atoms with Crippen molar-refractivity contribution in [2.24, 2.45) is 0 Å². The van der Waals surface area contributed by atoms with Gasteiger partial charge in [-0.2, -0.15) is 13.2 Å². The molecular formula is C24H30F3N9O. The maximum atomic E-state index is 13.6. The number of aryl methyl sites for hydroxylation is 1.